The third-order valence-electron chi connectivity index (χ3n) is 1.36. The lowest BCUT2D eigenvalue weighted by Crippen LogP contribution is -2.18. The van der Waals surface area contributed by atoms with Crippen LogP contribution in [0.5, 0.6) is 0 Å². The van der Waals surface area contributed by atoms with Crippen molar-refractivity contribution in [2.45, 2.75) is 6.92 Å². The molecule has 0 saturated carbocycles. The van der Waals surface area contributed by atoms with Crippen LogP contribution in [0, 0.1) is 0 Å². The molecule has 0 aromatic heterocycles. The van der Waals surface area contributed by atoms with Crippen LogP contribution in [0.3, 0.4) is 0 Å². The lowest BCUT2D eigenvalue weighted by molar-refractivity contribution is -0.123. The highest BCUT2D eigenvalue weighted by atomic mass is 16.2. The second kappa shape index (κ2) is 5.35. The van der Waals surface area contributed by atoms with Crippen molar-refractivity contribution in [1.82, 2.24) is 4.90 Å². The van der Waals surface area contributed by atoms with Crippen LogP contribution >= 0.6 is 0 Å². The highest BCUT2D eigenvalue weighted by Crippen LogP contribution is 1.93. The fourth-order valence-corrected chi connectivity index (χ4v) is 0.499. The fourth-order valence-electron chi connectivity index (χ4n) is 0.499. The second-order valence-corrected chi connectivity index (χ2v) is 2.71. The van der Waals surface area contributed by atoms with Gasteiger partial charge >= 0.3 is 0 Å². The van der Waals surface area contributed by atoms with E-state index in [4.69, 9.17) is 0 Å². The van der Waals surface area contributed by atoms with Crippen molar-refractivity contribution in [1.29, 1.82) is 0 Å². The highest BCUT2D eigenvalue weighted by molar-refractivity contribution is 5.87. The van der Waals surface area contributed by atoms with Gasteiger partial charge in [-0.05, 0) is 6.92 Å². The van der Waals surface area contributed by atoms with Crippen LogP contribution in [0.15, 0.2) is 36.5 Å². The highest BCUT2D eigenvalue weighted by Gasteiger charge is 1.94. The van der Waals surface area contributed by atoms with Gasteiger partial charge in [-0.15, -0.1) is 0 Å². The Morgan fingerprint density at radius 3 is 2.42 bits per heavy atom. The molecule has 0 bridgehead atoms. The van der Waals surface area contributed by atoms with E-state index >= 15 is 0 Å². The maximum atomic E-state index is 11.0. The molecule has 66 valence electrons. The molecule has 0 atom stereocenters. The summed E-state index contributed by atoms with van der Waals surface area (Å²) < 4.78 is 0. The van der Waals surface area contributed by atoms with E-state index in [1.165, 1.54) is 11.0 Å². The van der Waals surface area contributed by atoms with Gasteiger partial charge in [-0.2, -0.15) is 0 Å². The average molecular weight is 165 g/mol. The average Bonchev–Trinajstić information content (AvgIpc) is 2.03. The van der Waals surface area contributed by atoms with E-state index in [0.29, 0.717) is 0 Å². The van der Waals surface area contributed by atoms with Crippen LogP contribution in [0.25, 0.3) is 0 Å². The Morgan fingerprint density at radius 1 is 1.42 bits per heavy atom. The largest absolute Gasteiger partial charge is 0.345 e. The Bertz CT molecular complexity index is 224. The second-order valence-electron chi connectivity index (χ2n) is 2.71. The summed E-state index contributed by atoms with van der Waals surface area (Å²) in [5, 5.41) is 0. The number of likely N-dealkylation sites (N-methyl/N-ethyl adjacent to an activating group) is 1. The summed E-state index contributed by atoms with van der Waals surface area (Å²) in [6.07, 6.45) is 6.82. The molecule has 0 rings (SSSR count). The first-order valence-corrected chi connectivity index (χ1v) is 3.76. The van der Waals surface area contributed by atoms with Gasteiger partial charge in [0.1, 0.15) is 0 Å². The van der Waals surface area contributed by atoms with Gasteiger partial charge < -0.3 is 4.90 Å². The van der Waals surface area contributed by atoms with E-state index in [0.717, 1.165) is 5.57 Å². The van der Waals surface area contributed by atoms with Crippen molar-refractivity contribution >= 4 is 5.91 Å². The third-order valence-corrected chi connectivity index (χ3v) is 1.36. The number of carbonyl (C=O) groups is 1. The van der Waals surface area contributed by atoms with Crippen LogP contribution in [0.2, 0.25) is 0 Å². The number of hydrogen-bond donors (Lipinski definition) is 0. The van der Waals surface area contributed by atoms with Crippen molar-refractivity contribution < 1.29 is 4.79 Å². The number of rotatable bonds is 3. The lowest BCUT2D eigenvalue weighted by atomic mass is 10.3. The SMILES string of the molecule is C=C/C(C)=C\C=C\C(=O)N(C)C. The number of nitrogens with zero attached hydrogens (tertiary/aromatic N) is 1. The monoisotopic (exact) mass is 165 g/mol. The molecule has 0 radical (unpaired) electrons. The molecule has 0 saturated heterocycles. The van der Waals surface area contributed by atoms with Gasteiger partial charge in [0.2, 0.25) is 5.91 Å². The van der Waals surface area contributed by atoms with Gasteiger partial charge in [0, 0.05) is 20.2 Å². The smallest absolute Gasteiger partial charge is 0.246 e. The first-order valence-electron chi connectivity index (χ1n) is 3.76. The first kappa shape index (κ1) is 10.7. The van der Waals surface area contributed by atoms with E-state index in [1.807, 2.05) is 13.0 Å². The standard InChI is InChI=1S/C10H15NO/c1-5-9(2)7-6-8-10(12)11(3)4/h5-8H,1H2,2-4H3/b8-6+,9-7-. The number of allylic oxidation sites excluding steroid dienone is 4. The zero-order valence-corrected chi connectivity index (χ0v) is 7.87. The van der Waals surface area contributed by atoms with Gasteiger partial charge in [0.15, 0.2) is 0 Å². The van der Waals surface area contributed by atoms with Crippen LogP contribution in [-0.2, 0) is 4.79 Å². The molecule has 2 heteroatoms. The molecule has 1 amide bonds. The molecular weight excluding hydrogens is 150 g/mol. The molecule has 0 aliphatic rings. The summed E-state index contributed by atoms with van der Waals surface area (Å²) in [5.74, 6) is -0.0110. The lowest BCUT2D eigenvalue weighted by Gasteiger charge is -2.04. The molecule has 2 nitrogen and oxygen atoms in total. The fraction of sp³-hybridized carbons (Fsp3) is 0.300. The normalized spacial score (nSPS) is 11.8. The number of carbonyl (C=O) groups excluding carboxylic acids is 1. The molecule has 0 heterocycles. The van der Waals surface area contributed by atoms with Crippen molar-refractivity contribution in [2.75, 3.05) is 14.1 Å². The first-order chi connectivity index (χ1) is 5.57. The predicted molar refractivity (Wildman–Crippen MR) is 51.8 cm³/mol. The molecule has 0 aromatic carbocycles. The zero-order valence-electron chi connectivity index (χ0n) is 7.87. The van der Waals surface area contributed by atoms with E-state index in [9.17, 15) is 4.79 Å². The maximum Gasteiger partial charge on any atom is 0.246 e. The van der Waals surface area contributed by atoms with Crippen molar-refractivity contribution in [3.05, 3.63) is 36.5 Å². The molecule has 0 aromatic rings. The minimum Gasteiger partial charge on any atom is -0.345 e. The summed E-state index contributed by atoms with van der Waals surface area (Å²) in [6, 6.07) is 0. The summed E-state index contributed by atoms with van der Waals surface area (Å²) in [5.41, 5.74) is 1.04. The Hall–Kier alpha value is -1.31. The molecule has 0 fully saturated rings. The van der Waals surface area contributed by atoms with Gasteiger partial charge in [-0.25, -0.2) is 0 Å². The van der Waals surface area contributed by atoms with Crippen LogP contribution in [0.1, 0.15) is 6.92 Å². The zero-order chi connectivity index (χ0) is 9.56. The molecule has 0 aliphatic carbocycles. The quantitative estimate of drug-likeness (QED) is 0.461. The van der Waals surface area contributed by atoms with Crippen LogP contribution in [0.4, 0.5) is 0 Å². The van der Waals surface area contributed by atoms with Crippen LogP contribution in [-0.4, -0.2) is 24.9 Å². The molecule has 0 spiro atoms. The third kappa shape index (κ3) is 4.50. The maximum absolute atomic E-state index is 11.0. The number of amides is 1. The predicted octanol–water partition coefficient (Wildman–Crippen LogP) is 1.76. The van der Waals surface area contributed by atoms with Crippen molar-refractivity contribution in [2.24, 2.45) is 0 Å². The Kier molecular flexibility index (Phi) is 4.77. The van der Waals surface area contributed by atoms with Gasteiger partial charge in [0.05, 0.1) is 0 Å². The van der Waals surface area contributed by atoms with E-state index in [2.05, 4.69) is 6.58 Å². The Labute approximate surface area is 73.9 Å². The van der Waals surface area contributed by atoms with E-state index in [-0.39, 0.29) is 5.91 Å². The number of hydrogen-bond acceptors (Lipinski definition) is 1. The summed E-state index contributed by atoms with van der Waals surface area (Å²) in [4.78, 5) is 12.5. The van der Waals surface area contributed by atoms with Gasteiger partial charge in [0.25, 0.3) is 0 Å². The van der Waals surface area contributed by atoms with Crippen LogP contribution < -0.4 is 0 Å². The van der Waals surface area contributed by atoms with Crippen molar-refractivity contribution in [3.8, 4) is 0 Å². The van der Waals surface area contributed by atoms with E-state index in [1.54, 1.807) is 26.2 Å². The summed E-state index contributed by atoms with van der Waals surface area (Å²) in [7, 11) is 3.44. The minimum atomic E-state index is -0.0110. The van der Waals surface area contributed by atoms with E-state index < -0.39 is 0 Å². The van der Waals surface area contributed by atoms with Gasteiger partial charge in [-0.1, -0.05) is 30.4 Å². The minimum absolute atomic E-state index is 0.0110. The molecular formula is C10H15NO. The molecule has 12 heavy (non-hydrogen) atoms. The summed E-state index contributed by atoms with van der Waals surface area (Å²) >= 11 is 0. The molecule has 0 unspecified atom stereocenters. The topological polar surface area (TPSA) is 20.3 Å². The molecule has 0 N–H and O–H groups in total. The Morgan fingerprint density at radius 2 is 2.00 bits per heavy atom. The van der Waals surface area contributed by atoms with Crippen molar-refractivity contribution in [3.63, 3.8) is 0 Å². The molecule has 0 aliphatic heterocycles. The van der Waals surface area contributed by atoms with Gasteiger partial charge in [-0.3, -0.25) is 4.79 Å². The Balaban J connectivity index is 4.09. The summed E-state index contributed by atoms with van der Waals surface area (Å²) in [6.45, 7) is 5.52.